The van der Waals surface area contributed by atoms with Crippen molar-refractivity contribution in [2.45, 2.75) is 13.0 Å². The zero-order valence-electron chi connectivity index (χ0n) is 10.6. The summed E-state index contributed by atoms with van der Waals surface area (Å²) in [6.07, 6.45) is 0. The van der Waals surface area contributed by atoms with E-state index in [2.05, 4.69) is 22.6 Å². The van der Waals surface area contributed by atoms with Crippen molar-refractivity contribution >= 4 is 51.4 Å². The van der Waals surface area contributed by atoms with Gasteiger partial charge in [0.25, 0.3) is 5.91 Å². The molecule has 1 aromatic heterocycles. The van der Waals surface area contributed by atoms with Crippen LogP contribution in [0.4, 0.5) is 0 Å². The van der Waals surface area contributed by atoms with Gasteiger partial charge in [-0.25, -0.2) is 0 Å². The van der Waals surface area contributed by atoms with Gasteiger partial charge in [-0.1, -0.05) is 17.7 Å². The predicted octanol–water partition coefficient (Wildman–Crippen LogP) is 4.84. The molecule has 100 valence electrons. The van der Waals surface area contributed by atoms with Crippen molar-refractivity contribution in [2.75, 3.05) is 7.05 Å². The third-order valence-corrected chi connectivity index (χ3v) is 5.23. The molecule has 1 amide bonds. The van der Waals surface area contributed by atoms with Gasteiger partial charge in [0.15, 0.2) is 0 Å². The van der Waals surface area contributed by atoms with Crippen LogP contribution in [0.5, 0.6) is 0 Å². The van der Waals surface area contributed by atoms with Gasteiger partial charge in [0.1, 0.15) is 0 Å². The van der Waals surface area contributed by atoms with E-state index in [4.69, 9.17) is 11.6 Å². The standard InChI is InChI=1S/C14H13ClINOS/c1-9(13-4-3-7-19-13)17(2)14(18)11-8-10(15)5-6-12(11)16/h3-9H,1-2H3. The number of nitrogens with zero attached hydrogens (tertiary/aromatic N) is 1. The first-order valence-corrected chi connectivity index (χ1v) is 8.10. The van der Waals surface area contributed by atoms with Crippen molar-refractivity contribution < 1.29 is 4.79 Å². The minimum absolute atomic E-state index is 0.00667. The predicted molar refractivity (Wildman–Crippen MR) is 89.0 cm³/mol. The van der Waals surface area contributed by atoms with E-state index >= 15 is 0 Å². The molecule has 0 radical (unpaired) electrons. The van der Waals surface area contributed by atoms with E-state index in [0.717, 1.165) is 3.57 Å². The molecule has 0 aliphatic heterocycles. The fraction of sp³-hybridized carbons (Fsp3) is 0.214. The Morgan fingerprint density at radius 1 is 1.42 bits per heavy atom. The van der Waals surface area contributed by atoms with Crippen LogP contribution in [0.1, 0.15) is 28.2 Å². The van der Waals surface area contributed by atoms with Crippen molar-refractivity contribution in [1.82, 2.24) is 4.90 Å². The van der Waals surface area contributed by atoms with E-state index in [-0.39, 0.29) is 11.9 Å². The molecule has 2 nitrogen and oxygen atoms in total. The van der Waals surface area contributed by atoms with Crippen LogP contribution in [0, 0.1) is 3.57 Å². The molecule has 5 heteroatoms. The normalized spacial score (nSPS) is 12.2. The van der Waals surface area contributed by atoms with E-state index < -0.39 is 0 Å². The molecule has 2 rings (SSSR count). The number of thiophene rings is 1. The van der Waals surface area contributed by atoms with Gasteiger partial charge >= 0.3 is 0 Å². The van der Waals surface area contributed by atoms with Gasteiger partial charge in [-0.05, 0) is 59.2 Å². The second-order valence-electron chi connectivity index (χ2n) is 4.23. The van der Waals surface area contributed by atoms with Gasteiger partial charge in [-0.15, -0.1) is 11.3 Å². The van der Waals surface area contributed by atoms with E-state index in [1.54, 1.807) is 28.4 Å². The van der Waals surface area contributed by atoms with Crippen molar-refractivity contribution in [3.05, 3.63) is 54.7 Å². The summed E-state index contributed by atoms with van der Waals surface area (Å²) in [5, 5.41) is 2.61. The minimum Gasteiger partial charge on any atom is -0.334 e. The lowest BCUT2D eigenvalue weighted by Gasteiger charge is -2.24. The molecule has 0 N–H and O–H groups in total. The molecule has 0 aliphatic rings. The molecular formula is C14H13ClINOS. The highest BCUT2D eigenvalue weighted by Gasteiger charge is 2.21. The van der Waals surface area contributed by atoms with Gasteiger partial charge < -0.3 is 4.90 Å². The molecule has 2 aromatic rings. The molecule has 1 heterocycles. The molecule has 1 aromatic carbocycles. The average molecular weight is 406 g/mol. The van der Waals surface area contributed by atoms with Crippen LogP contribution in [-0.2, 0) is 0 Å². The summed E-state index contributed by atoms with van der Waals surface area (Å²) in [6.45, 7) is 2.03. The highest BCUT2D eigenvalue weighted by Crippen LogP contribution is 2.26. The molecule has 0 saturated heterocycles. The third-order valence-electron chi connectivity index (χ3n) is 3.02. The maximum Gasteiger partial charge on any atom is 0.255 e. The van der Waals surface area contributed by atoms with Crippen molar-refractivity contribution in [3.8, 4) is 0 Å². The second-order valence-corrected chi connectivity index (χ2v) is 6.81. The van der Waals surface area contributed by atoms with Crippen LogP contribution in [0.2, 0.25) is 5.02 Å². The minimum atomic E-state index is -0.00667. The third kappa shape index (κ3) is 3.30. The number of hydrogen-bond acceptors (Lipinski definition) is 2. The Balaban J connectivity index is 2.26. The summed E-state index contributed by atoms with van der Waals surface area (Å²) < 4.78 is 0.914. The summed E-state index contributed by atoms with van der Waals surface area (Å²) in [5.41, 5.74) is 0.652. The number of carbonyl (C=O) groups is 1. The molecule has 0 saturated carbocycles. The first kappa shape index (κ1) is 14.8. The van der Waals surface area contributed by atoms with Crippen LogP contribution in [0.3, 0.4) is 0 Å². The largest absolute Gasteiger partial charge is 0.334 e. The lowest BCUT2D eigenvalue weighted by molar-refractivity contribution is 0.0744. The highest BCUT2D eigenvalue weighted by atomic mass is 127. The monoisotopic (exact) mass is 405 g/mol. The Labute approximate surface area is 135 Å². The van der Waals surface area contributed by atoms with Crippen molar-refractivity contribution in [2.24, 2.45) is 0 Å². The van der Waals surface area contributed by atoms with Crippen molar-refractivity contribution in [3.63, 3.8) is 0 Å². The maximum absolute atomic E-state index is 12.5. The van der Waals surface area contributed by atoms with Crippen LogP contribution in [0.15, 0.2) is 35.7 Å². The van der Waals surface area contributed by atoms with Crippen LogP contribution < -0.4 is 0 Å². The second kappa shape index (κ2) is 6.24. The molecule has 0 aliphatic carbocycles. The number of rotatable bonds is 3. The molecule has 1 unspecified atom stereocenters. The van der Waals surface area contributed by atoms with Gasteiger partial charge in [0, 0.05) is 20.5 Å². The zero-order valence-corrected chi connectivity index (χ0v) is 14.3. The Morgan fingerprint density at radius 3 is 2.79 bits per heavy atom. The lowest BCUT2D eigenvalue weighted by Crippen LogP contribution is -2.29. The number of benzene rings is 1. The Kier molecular flexibility index (Phi) is 4.86. The number of halogens is 2. The first-order valence-electron chi connectivity index (χ1n) is 5.76. The van der Waals surface area contributed by atoms with Gasteiger partial charge in [0.2, 0.25) is 0 Å². The van der Waals surface area contributed by atoms with Crippen LogP contribution in [0.25, 0.3) is 0 Å². The van der Waals surface area contributed by atoms with Gasteiger partial charge in [-0.2, -0.15) is 0 Å². The molecule has 0 fully saturated rings. The molecular weight excluding hydrogens is 393 g/mol. The van der Waals surface area contributed by atoms with Crippen LogP contribution >= 0.6 is 45.5 Å². The Bertz CT molecular complexity index is 585. The number of carbonyl (C=O) groups excluding carboxylic acids is 1. The molecule has 1 atom stereocenters. The smallest absolute Gasteiger partial charge is 0.255 e. The first-order chi connectivity index (χ1) is 9.00. The topological polar surface area (TPSA) is 20.3 Å². The summed E-state index contributed by atoms with van der Waals surface area (Å²) in [4.78, 5) is 15.4. The Hall–Kier alpha value is -0.590. The summed E-state index contributed by atoms with van der Waals surface area (Å²) >= 11 is 9.79. The fourth-order valence-corrected chi connectivity index (χ4v) is 3.31. The van der Waals surface area contributed by atoms with Gasteiger partial charge in [-0.3, -0.25) is 4.79 Å². The molecule has 0 spiro atoms. The SMILES string of the molecule is CC(c1cccs1)N(C)C(=O)c1cc(Cl)ccc1I. The van der Waals surface area contributed by atoms with E-state index in [1.165, 1.54) is 4.88 Å². The maximum atomic E-state index is 12.5. The van der Waals surface area contributed by atoms with E-state index in [1.807, 2.05) is 37.6 Å². The summed E-state index contributed by atoms with van der Waals surface area (Å²) in [5.74, 6) is -0.00667. The lowest BCUT2D eigenvalue weighted by atomic mass is 10.1. The summed E-state index contributed by atoms with van der Waals surface area (Å²) in [6, 6.07) is 9.48. The highest BCUT2D eigenvalue weighted by molar-refractivity contribution is 14.1. The summed E-state index contributed by atoms with van der Waals surface area (Å²) in [7, 11) is 1.82. The molecule has 0 bridgehead atoms. The number of amides is 1. The van der Waals surface area contributed by atoms with E-state index in [9.17, 15) is 4.79 Å². The number of hydrogen-bond donors (Lipinski definition) is 0. The average Bonchev–Trinajstić information content (AvgIpc) is 2.93. The van der Waals surface area contributed by atoms with E-state index in [0.29, 0.717) is 10.6 Å². The zero-order chi connectivity index (χ0) is 14.0. The van der Waals surface area contributed by atoms with Crippen LogP contribution in [-0.4, -0.2) is 17.9 Å². The van der Waals surface area contributed by atoms with Crippen molar-refractivity contribution in [1.29, 1.82) is 0 Å². The Morgan fingerprint density at radius 2 is 2.16 bits per heavy atom. The van der Waals surface area contributed by atoms with Gasteiger partial charge in [0.05, 0.1) is 11.6 Å². The fourth-order valence-electron chi connectivity index (χ4n) is 1.75. The quantitative estimate of drug-likeness (QED) is 0.669. The molecule has 19 heavy (non-hydrogen) atoms.